The molecule has 0 unspecified atom stereocenters. The first-order chi connectivity index (χ1) is 25.7. The molecular weight excluding hydrogens is 701 g/mol. The molecule has 7 rings (SSSR count). The number of nitro groups is 1. The number of methoxy groups -OCH3 is 1. The van der Waals surface area contributed by atoms with E-state index in [0.717, 1.165) is 10.9 Å². The molecule has 53 heavy (non-hydrogen) atoms. The lowest BCUT2D eigenvalue weighted by Crippen LogP contribution is -2.12. The Hall–Kier alpha value is -7.19. The fourth-order valence-corrected chi connectivity index (χ4v) is 5.88. The van der Waals surface area contributed by atoms with Crippen LogP contribution in [-0.2, 0) is 10.0 Å². The van der Waals surface area contributed by atoms with Crippen LogP contribution in [0.5, 0.6) is 28.7 Å². The fraction of sp³-hybridized carbons (Fsp3) is 0.0256. The van der Waals surface area contributed by atoms with Crippen LogP contribution in [0.25, 0.3) is 10.9 Å². The highest BCUT2D eigenvalue weighted by Gasteiger charge is 2.15. The third-order valence-corrected chi connectivity index (χ3v) is 8.84. The number of hydrogen-bond acceptors (Lipinski definition) is 10. The van der Waals surface area contributed by atoms with Crippen molar-refractivity contribution in [1.29, 1.82) is 0 Å². The third kappa shape index (κ3) is 9.33. The highest BCUT2D eigenvalue weighted by atomic mass is 32.2. The number of hydrogen-bond donors (Lipinski definition) is 2. The van der Waals surface area contributed by atoms with Crippen molar-refractivity contribution in [1.82, 2.24) is 4.98 Å². The number of fused-ring (bicyclic) bond motifs is 1. The average Bonchev–Trinajstić information content (AvgIpc) is 3.73. The monoisotopic (exact) mass is 730 g/mol. The number of nitrogens with zero attached hydrogens (tertiary/aromatic N) is 2. The number of pyridine rings is 1. The number of furan rings is 1. The molecule has 2 heterocycles. The maximum absolute atomic E-state index is 12.4. The van der Waals surface area contributed by atoms with Crippen molar-refractivity contribution in [2.75, 3.05) is 17.1 Å². The van der Waals surface area contributed by atoms with Crippen molar-refractivity contribution in [2.24, 2.45) is 0 Å². The molecule has 0 aliphatic rings. The summed E-state index contributed by atoms with van der Waals surface area (Å²) >= 11 is 0. The summed E-state index contributed by atoms with van der Waals surface area (Å²) in [5.41, 5.74) is 1.80. The molecule has 7 aromatic rings. The highest BCUT2D eigenvalue weighted by Crippen LogP contribution is 2.29. The van der Waals surface area contributed by atoms with Crippen molar-refractivity contribution in [3.8, 4) is 28.7 Å². The van der Waals surface area contributed by atoms with E-state index >= 15 is 0 Å². The summed E-state index contributed by atoms with van der Waals surface area (Å²) in [7, 11) is -2.23. The van der Waals surface area contributed by atoms with Crippen molar-refractivity contribution < 1.29 is 36.8 Å². The zero-order valence-electron chi connectivity index (χ0n) is 27.9. The Morgan fingerprint density at radius 2 is 1.32 bits per heavy atom. The summed E-state index contributed by atoms with van der Waals surface area (Å²) in [5.74, 6) is 2.77. The molecule has 13 nitrogen and oxygen atoms in total. The van der Waals surface area contributed by atoms with Crippen molar-refractivity contribution in [3.05, 3.63) is 168 Å². The molecule has 266 valence electrons. The van der Waals surface area contributed by atoms with Crippen molar-refractivity contribution in [3.63, 3.8) is 0 Å². The van der Waals surface area contributed by atoms with E-state index in [1.165, 1.54) is 49.8 Å². The van der Waals surface area contributed by atoms with Crippen LogP contribution in [0.3, 0.4) is 0 Å². The second-order valence-electron chi connectivity index (χ2n) is 11.0. The first-order valence-electron chi connectivity index (χ1n) is 15.8. The standard InChI is InChI=1S/C20H14N2O3.C19H16N2O6S/c23-20(18-7-3-13-24-18)22-15-8-10-16(11-9-15)25-17-6-1-4-14-5-2-12-21-19(14)17;1-26-16-10-12-19(13-11-16)28(24,25)20-14-2-6-17(7-3-14)27-18-8-4-15(5-9-18)21(22)23/h1-13H,(H,22,23);2-13,20H,1H3. The van der Waals surface area contributed by atoms with Gasteiger partial charge in [0.15, 0.2) is 11.5 Å². The number of sulfonamides is 1. The van der Waals surface area contributed by atoms with Gasteiger partial charge in [-0.15, -0.1) is 0 Å². The molecule has 0 saturated carbocycles. The van der Waals surface area contributed by atoms with Crippen LogP contribution in [0.2, 0.25) is 0 Å². The van der Waals surface area contributed by atoms with Crippen molar-refractivity contribution in [2.45, 2.75) is 4.90 Å². The topological polar surface area (TPSA) is 172 Å². The van der Waals surface area contributed by atoms with E-state index in [4.69, 9.17) is 18.6 Å². The van der Waals surface area contributed by atoms with E-state index in [1.54, 1.807) is 79.0 Å². The number of non-ortho nitro benzene ring substituents is 1. The quantitative estimate of drug-likeness (QED) is 0.0966. The minimum absolute atomic E-state index is 0.0318. The number of carbonyl (C=O) groups is 1. The summed E-state index contributed by atoms with van der Waals surface area (Å²) in [6.45, 7) is 0. The number of ether oxygens (including phenoxy) is 3. The molecule has 0 fully saturated rings. The van der Waals surface area contributed by atoms with E-state index in [1.807, 2.05) is 30.3 Å². The summed E-state index contributed by atoms with van der Waals surface area (Å²) in [5, 5.41) is 14.4. The van der Waals surface area contributed by atoms with Crippen LogP contribution in [0.1, 0.15) is 10.6 Å². The largest absolute Gasteiger partial charge is 0.497 e. The number of para-hydroxylation sites is 1. The molecule has 5 aromatic carbocycles. The maximum Gasteiger partial charge on any atom is 0.291 e. The van der Waals surface area contributed by atoms with Gasteiger partial charge in [-0.1, -0.05) is 18.2 Å². The van der Waals surface area contributed by atoms with Crippen molar-refractivity contribution >= 4 is 43.9 Å². The molecule has 0 saturated heterocycles. The summed E-state index contributed by atoms with van der Waals surface area (Å²) in [6.07, 6.45) is 3.20. The van der Waals surface area contributed by atoms with Gasteiger partial charge in [-0.3, -0.25) is 24.6 Å². The molecule has 0 bridgehead atoms. The van der Waals surface area contributed by atoms with Gasteiger partial charge in [0.25, 0.3) is 21.6 Å². The lowest BCUT2D eigenvalue weighted by atomic mass is 10.2. The predicted octanol–water partition coefficient (Wildman–Crippen LogP) is 9.07. The Morgan fingerprint density at radius 3 is 1.94 bits per heavy atom. The van der Waals surface area contributed by atoms with Gasteiger partial charge in [-0.05, 0) is 109 Å². The van der Waals surface area contributed by atoms with Crippen LogP contribution in [0.4, 0.5) is 17.1 Å². The van der Waals surface area contributed by atoms with Gasteiger partial charge in [-0.2, -0.15) is 0 Å². The van der Waals surface area contributed by atoms with Gasteiger partial charge in [0.1, 0.15) is 28.5 Å². The van der Waals surface area contributed by atoms with E-state index in [-0.39, 0.29) is 22.3 Å². The smallest absolute Gasteiger partial charge is 0.291 e. The molecule has 0 spiro atoms. The molecule has 0 aliphatic heterocycles. The van der Waals surface area contributed by atoms with Gasteiger partial charge in [0, 0.05) is 35.1 Å². The van der Waals surface area contributed by atoms with Gasteiger partial charge in [-0.25, -0.2) is 8.42 Å². The highest BCUT2D eigenvalue weighted by molar-refractivity contribution is 7.92. The average molecular weight is 731 g/mol. The Labute approximate surface area is 303 Å². The summed E-state index contributed by atoms with van der Waals surface area (Å²) in [6, 6.07) is 38.1. The summed E-state index contributed by atoms with van der Waals surface area (Å²) in [4.78, 5) is 26.6. The van der Waals surface area contributed by atoms with Gasteiger partial charge < -0.3 is 23.9 Å². The summed E-state index contributed by atoms with van der Waals surface area (Å²) < 4.78 is 48.9. The zero-order valence-corrected chi connectivity index (χ0v) is 28.7. The van der Waals surface area contributed by atoms with Crippen LogP contribution >= 0.6 is 0 Å². The van der Waals surface area contributed by atoms with Gasteiger partial charge in [0.2, 0.25) is 0 Å². The van der Waals surface area contributed by atoms with Crippen LogP contribution < -0.4 is 24.2 Å². The Morgan fingerprint density at radius 1 is 0.717 bits per heavy atom. The Balaban J connectivity index is 0.000000182. The molecular formula is C39H30N4O9S. The second-order valence-corrected chi connectivity index (χ2v) is 12.7. The Bertz CT molecular complexity index is 2420. The minimum atomic E-state index is -3.73. The van der Waals surface area contributed by atoms with Gasteiger partial charge in [0.05, 0.1) is 23.2 Å². The number of nitro benzene ring substituents is 1. The molecule has 0 radical (unpaired) electrons. The van der Waals surface area contributed by atoms with Crippen LogP contribution in [0.15, 0.2) is 161 Å². The first-order valence-corrected chi connectivity index (χ1v) is 17.3. The second kappa shape index (κ2) is 16.2. The maximum atomic E-state index is 12.4. The normalized spacial score (nSPS) is 10.7. The fourth-order valence-electron chi connectivity index (χ4n) is 4.82. The number of nitrogens with one attached hydrogen (secondary N) is 2. The number of aromatic nitrogens is 1. The predicted molar refractivity (Wildman–Crippen MR) is 198 cm³/mol. The molecule has 14 heteroatoms. The lowest BCUT2D eigenvalue weighted by Gasteiger charge is -2.10. The van der Waals surface area contributed by atoms with Crippen LogP contribution in [0, 0.1) is 10.1 Å². The number of benzene rings is 5. The van der Waals surface area contributed by atoms with E-state index in [9.17, 15) is 23.3 Å². The number of anilines is 2. The Kier molecular flexibility index (Phi) is 10.9. The molecule has 0 atom stereocenters. The third-order valence-electron chi connectivity index (χ3n) is 7.44. The van der Waals surface area contributed by atoms with E-state index in [2.05, 4.69) is 15.0 Å². The number of rotatable bonds is 11. The molecule has 2 N–H and O–H groups in total. The van der Waals surface area contributed by atoms with Crippen LogP contribution in [-0.4, -0.2) is 31.3 Å². The molecule has 2 aromatic heterocycles. The number of carbonyl (C=O) groups excluding carboxylic acids is 1. The first kappa shape index (κ1) is 35.6. The lowest BCUT2D eigenvalue weighted by molar-refractivity contribution is -0.384. The minimum Gasteiger partial charge on any atom is -0.497 e. The SMILES string of the molecule is COc1ccc(S(=O)(=O)Nc2ccc(Oc3ccc([N+](=O)[O-])cc3)cc2)cc1.O=C(Nc1ccc(Oc2cccc3cccnc23)cc1)c1ccco1. The van der Waals surface area contributed by atoms with Gasteiger partial charge >= 0.3 is 0 Å². The zero-order chi connectivity index (χ0) is 37.2. The van der Waals surface area contributed by atoms with E-state index in [0.29, 0.717) is 40.1 Å². The molecule has 1 amide bonds. The van der Waals surface area contributed by atoms with E-state index < -0.39 is 14.9 Å². The number of amides is 1. The molecule has 0 aliphatic carbocycles.